The van der Waals surface area contributed by atoms with E-state index in [0.717, 1.165) is 29.2 Å². The van der Waals surface area contributed by atoms with Gasteiger partial charge in [-0.2, -0.15) is 4.98 Å². The fourth-order valence-electron chi connectivity index (χ4n) is 4.42. The molecule has 0 aliphatic carbocycles. The first-order valence-electron chi connectivity index (χ1n) is 14.0. The minimum atomic E-state index is -0.571. The van der Waals surface area contributed by atoms with E-state index in [2.05, 4.69) is 25.6 Å². The number of ether oxygens (including phenoxy) is 2. The molecule has 0 spiro atoms. The van der Waals surface area contributed by atoms with Crippen molar-refractivity contribution >= 4 is 29.1 Å². The van der Waals surface area contributed by atoms with E-state index < -0.39 is 11.7 Å². The zero-order valence-corrected chi connectivity index (χ0v) is 24.1. The van der Waals surface area contributed by atoms with E-state index >= 15 is 0 Å². The molecule has 1 fully saturated rings. The zero-order chi connectivity index (χ0) is 28.5. The molecule has 1 aliphatic rings. The molecule has 0 radical (unpaired) electrons. The minimum absolute atomic E-state index is 0.489. The predicted molar refractivity (Wildman–Crippen MR) is 161 cm³/mol. The predicted octanol–water partition coefficient (Wildman–Crippen LogP) is 6.99. The Bertz CT molecular complexity index is 1390. The average molecular weight is 545 g/mol. The first-order valence-corrected chi connectivity index (χ1v) is 14.0. The highest BCUT2D eigenvalue weighted by atomic mass is 16.6. The summed E-state index contributed by atoms with van der Waals surface area (Å²) in [5.74, 6) is 1.34. The third kappa shape index (κ3) is 7.95. The molecule has 4 aromatic rings. The topological polar surface area (TPSA) is 93.0 Å². The molecule has 40 heavy (non-hydrogen) atoms. The number of pyridine rings is 1. The number of nitrogens with zero attached hydrogens (tertiary/aromatic N) is 4. The number of likely N-dealkylation sites (tertiary alicyclic amines) is 1. The Morgan fingerprint density at radius 3 is 2.40 bits per heavy atom. The maximum Gasteiger partial charge on any atom is 0.412 e. The van der Waals surface area contributed by atoms with Gasteiger partial charge in [-0.05, 0) is 95.2 Å². The van der Waals surface area contributed by atoms with Crippen LogP contribution in [0.4, 0.5) is 22.1 Å². The number of amides is 1. The summed E-state index contributed by atoms with van der Waals surface area (Å²) < 4.78 is 13.1. The van der Waals surface area contributed by atoms with Gasteiger partial charge < -0.3 is 14.8 Å². The number of hydrogen-bond acceptors (Lipinski definition) is 7. The Balaban J connectivity index is 0.00000181. The van der Waals surface area contributed by atoms with Crippen LogP contribution in [0.5, 0.6) is 5.75 Å². The molecule has 1 aliphatic heterocycles. The van der Waals surface area contributed by atoms with Crippen molar-refractivity contribution in [2.45, 2.75) is 53.1 Å². The first-order chi connectivity index (χ1) is 19.3. The number of nitrogens with one attached hydrogen (secondary N) is 2. The molecule has 3 heterocycles. The molecule has 1 saturated heterocycles. The van der Waals surface area contributed by atoms with E-state index in [1.54, 1.807) is 4.52 Å². The van der Waals surface area contributed by atoms with E-state index in [9.17, 15) is 4.79 Å². The lowest BCUT2D eigenvalue weighted by atomic mass is 10.1. The Labute approximate surface area is 236 Å². The van der Waals surface area contributed by atoms with Crippen LogP contribution in [0.15, 0.2) is 66.7 Å². The number of hydrogen-bond donors (Lipinski definition) is 2. The zero-order valence-electron chi connectivity index (χ0n) is 24.1. The smallest absolute Gasteiger partial charge is 0.412 e. The molecule has 212 valence electrons. The molecule has 0 atom stereocenters. The number of carbonyl (C=O) groups excluding carboxylic acids is 1. The highest BCUT2D eigenvalue weighted by Gasteiger charge is 2.17. The fraction of sp³-hybridized carbons (Fsp3) is 0.387. The average Bonchev–Trinajstić information content (AvgIpc) is 3.59. The Morgan fingerprint density at radius 1 is 0.950 bits per heavy atom. The molecular weight excluding hydrogens is 504 g/mol. The van der Waals surface area contributed by atoms with Crippen molar-refractivity contribution in [2.24, 2.45) is 0 Å². The van der Waals surface area contributed by atoms with Crippen molar-refractivity contribution in [3.05, 3.63) is 66.7 Å². The van der Waals surface area contributed by atoms with Crippen LogP contribution in [0.1, 0.15) is 47.5 Å². The first kappa shape index (κ1) is 28.9. The van der Waals surface area contributed by atoms with Gasteiger partial charge in [0, 0.05) is 23.5 Å². The van der Waals surface area contributed by atoms with E-state index in [1.165, 1.54) is 25.9 Å². The number of benzene rings is 2. The Hall–Kier alpha value is -4.11. The third-order valence-corrected chi connectivity index (χ3v) is 6.15. The van der Waals surface area contributed by atoms with Crippen molar-refractivity contribution in [3.8, 4) is 17.0 Å². The summed E-state index contributed by atoms with van der Waals surface area (Å²) in [6.45, 7) is 13.5. The Morgan fingerprint density at radius 2 is 1.68 bits per heavy atom. The molecule has 0 bridgehead atoms. The molecule has 0 unspecified atom stereocenters. The van der Waals surface area contributed by atoms with Gasteiger partial charge in [-0.25, -0.2) is 9.31 Å². The summed E-state index contributed by atoms with van der Waals surface area (Å²) in [4.78, 5) is 19.3. The van der Waals surface area contributed by atoms with Crippen LogP contribution in [0.3, 0.4) is 0 Å². The summed E-state index contributed by atoms with van der Waals surface area (Å²) in [6, 6.07) is 21.2. The third-order valence-electron chi connectivity index (χ3n) is 6.15. The lowest BCUT2D eigenvalue weighted by molar-refractivity contribution is 0.0636. The molecule has 2 N–H and O–H groups in total. The van der Waals surface area contributed by atoms with E-state index in [1.807, 2.05) is 101 Å². The van der Waals surface area contributed by atoms with Crippen LogP contribution in [0.25, 0.3) is 16.9 Å². The molecule has 9 heteroatoms. The number of aromatic nitrogens is 3. The highest BCUT2D eigenvalue weighted by molar-refractivity contribution is 5.86. The number of anilines is 3. The van der Waals surface area contributed by atoms with Gasteiger partial charge in [0.05, 0.1) is 5.69 Å². The van der Waals surface area contributed by atoms with E-state index in [4.69, 9.17) is 9.47 Å². The molecule has 5 rings (SSSR count). The van der Waals surface area contributed by atoms with Gasteiger partial charge in [0.15, 0.2) is 5.65 Å². The maximum atomic E-state index is 12.2. The molecule has 0 saturated carbocycles. The molecule has 2 aromatic carbocycles. The van der Waals surface area contributed by atoms with E-state index in [-0.39, 0.29) is 0 Å². The van der Waals surface area contributed by atoms with E-state index in [0.29, 0.717) is 23.9 Å². The van der Waals surface area contributed by atoms with Crippen molar-refractivity contribution < 1.29 is 14.3 Å². The minimum Gasteiger partial charge on any atom is -0.492 e. The summed E-state index contributed by atoms with van der Waals surface area (Å²) in [5, 5.41) is 10.8. The summed E-state index contributed by atoms with van der Waals surface area (Å²) in [6.07, 6.45) is 2.08. The number of rotatable bonds is 8. The highest BCUT2D eigenvalue weighted by Crippen LogP contribution is 2.25. The molecule has 9 nitrogen and oxygen atoms in total. The van der Waals surface area contributed by atoms with Crippen LogP contribution in [-0.4, -0.2) is 57.4 Å². The van der Waals surface area contributed by atoms with Crippen LogP contribution in [0, 0.1) is 0 Å². The van der Waals surface area contributed by atoms with Gasteiger partial charge in [0.1, 0.15) is 18.0 Å². The van der Waals surface area contributed by atoms with Gasteiger partial charge in [0.2, 0.25) is 5.95 Å². The van der Waals surface area contributed by atoms with Gasteiger partial charge >= 0.3 is 6.09 Å². The second-order valence-corrected chi connectivity index (χ2v) is 10.4. The van der Waals surface area contributed by atoms with Gasteiger partial charge in [-0.15, -0.1) is 5.10 Å². The van der Waals surface area contributed by atoms with Crippen LogP contribution >= 0.6 is 0 Å². The second-order valence-electron chi connectivity index (χ2n) is 10.4. The largest absolute Gasteiger partial charge is 0.492 e. The standard InChI is InChI=1S/C29H34N6O3.C2H6/c1-29(2,3)38-28(36)31-23-9-6-8-21(20-23)25-10-7-11-26-32-27(33-35(25)26)30-22-12-14-24(15-13-22)37-19-18-34-16-4-5-17-34;1-2/h6-15,20H,4-5,16-19H2,1-3H3,(H,30,33)(H,31,36);1-2H3. The van der Waals surface area contributed by atoms with Crippen LogP contribution in [0.2, 0.25) is 0 Å². The van der Waals surface area contributed by atoms with Crippen molar-refractivity contribution in [3.63, 3.8) is 0 Å². The van der Waals surface area contributed by atoms with Crippen molar-refractivity contribution in [2.75, 3.05) is 36.9 Å². The summed E-state index contributed by atoms with van der Waals surface area (Å²) >= 11 is 0. The van der Waals surface area contributed by atoms with Crippen LogP contribution in [-0.2, 0) is 4.74 Å². The monoisotopic (exact) mass is 544 g/mol. The molecule has 1 amide bonds. The Kier molecular flexibility index (Phi) is 9.60. The second kappa shape index (κ2) is 13.3. The molecule has 2 aromatic heterocycles. The molecular formula is C31H40N6O3. The quantitative estimate of drug-likeness (QED) is 0.247. The van der Waals surface area contributed by atoms with Crippen molar-refractivity contribution in [1.29, 1.82) is 0 Å². The lowest BCUT2D eigenvalue weighted by Crippen LogP contribution is -2.27. The number of carbonyl (C=O) groups is 1. The summed E-state index contributed by atoms with van der Waals surface area (Å²) in [7, 11) is 0. The fourth-order valence-corrected chi connectivity index (χ4v) is 4.42. The SMILES string of the molecule is CC.CC(C)(C)OC(=O)Nc1cccc(-c2cccc3nc(Nc4ccc(OCCN5CCCC5)cc4)nn23)c1. The van der Waals surface area contributed by atoms with Gasteiger partial charge in [-0.1, -0.05) is 32.0 Å². The lowest BCUT2D eigenvalue weighted by Gasteiger charge is -2.19. The van der Waals surface area contributed by atoms with Crippen LogP contribution < -0.4 is 15.4 Å². The van der Waals surface area contributed by atoms with Gasteiger partial charge in [-0.3, -0.25) is 10.2 Å². The number of fused-ring (bicyclic) bond motifs is 1. The summed E-state index contributed by atoms with van der Waals surface area (Å²) in [5.41, 5.74) is 3.37. The normalized spacial score (nSPS) is 13.4. The maximum absolute atomic E-state index is 12.2. The van der Waals surface area contributed by atoms with Crippen molar-refractivity contribution in [1.82, 2.24) is 19.5 Å². The van der Waals surface area contributed by atoms with Gasteiger partial charge in [0.25, 0.3) is 0 Å².